The zero-order chi connectivity index (χ0) is 14.5. The van der Waals surface area contributed by atoms with Crippen LogP contribution in [-0.4, -0.2) is 24.8 Å². The van der Waals surface area contributed by atoms with Gasteiger partial charge in [-0.15, -0.1) is 0 Å². The fourth-order valence-corrected chi connectivity index (χ4v) is 2.65. The topological polar surface area (TPSA) is 21.3 Å². The van der Waals surface area contributed by atoms with E-state index in [2.05, 4.69) is 39.1 Å². The van der Waals surface area contributed by atoms with E-state index in [1.54, 1.807) is 7.11 Å². The Labute approximate surface area is 122 Å². The predicted molar refractivity (Wildman–Crippen MR) is 82.9 cm³/mol. The zero-order valence-electron chi connectivity index (χ0n) is 12.7. The molecule has 108 valence electrons. The van der Waals surface area contributed by atoms with E-state index in [-0.39, 0.29) is 5.60 Å². The summed E-state index contributed by atoms with van der Waals surface area (Å²) >= 11 is 6.00. The highest BCUT2D eigenvalue weighted by Crippen LogP contribution is 2.16. The lowest BCUT2D eigenvalue weighted by Crippen LogP contribution is -2.40. The Morgan fingerprint density at radius 2 is 1.95 bits per heavy atom. The summed E-state index contributed by atoms with van der Waals surface area (Å²) in [5.41, 5.74) is 1.19. The van der Waals surface area contributed by atoms with E-state index < -0.39 is 0 Å². The maximum atomic E-state index is 6.00. The molecule has 3 heteroatoms. The zero-order valence-corrected chi connectivity index (χ0v) is 13.4. The fraction of sp³-hybridized carbons (Fsp3) is 0.625. The van der Waals surface area contributed by atoms with E-state index in [0.717, 1.165) is 17.9 Å². The molecule has 0 spiro atoms. The van der Waals surface area contributed by atoms with Crippen molar-refractivity contribution in [3.05, 3.63) is 34.9 Å². The first kappa shape index (κ1) is 16.5. The minimum absolute atomic E-state index is 0.0812. The average Bonchev–Trinajstić information content (AvgIpc) is 2.27. The fourth-order valence-electron chi connectivity index (χ4n) is 2.44. The van der Waals surface area contributed by atoms with Crippen LogP contribution in [0.3, 0.4) is 0 Å². The molecule has 0 bridgehead atoms. The Kier molecular flexibility index (Phi) is 6.31. The van der Waals surface area contributed by atoms with Gasteiger partial charge in [0.05, 0.1) is 5.60 Å². The summed E-state index contributed by atoms with van der Waals surface area (Å²) < 4.78 is 5.47. The van der Waals surface area contributed by atoms with Gasteiger partial charge in [0.15, 0.2) is 0 Å². The van der Waals surface area contributed by atoms with Crippen LogP contribution in [0.1, 0.15) is 39.7 Å². The molecule has 0 radical (unpaired) electrons. The quantitative estimate of drug-likeness (QED) is 0.815. The van der Waals surface area contributed by atoms with Crippen LogP contribution < -0.4 is 5.32 Å². The Bertz CT molecular complexity index is 392. The highest BCUT2D eigenvalue weighted by Gasteiger charge is 2.20. The van der Waals surface area contributed by atoms with E-state index in [1.807, 2.05) is 18.2 Å². The minimum Gasteiger partial charge on any atom is -0.379 e. The Morgan fingerprint density at radius 1 is 1.26 bits per heavy atom. The van der Waals surface area contributed by atoms with Gasteiger partial charge in [0, 0.05) is 24.2 Å². The molecule has 0 aliphatic heterocycles. The molecule has 1 N–H and O–H groups in total. The van der Waals surface area contributed by atoms with Gasteiger partial charge in [-0.25, -0.2) is 0 Å². The summed E-state index contributed by atoms with van der Waals surface area (Å²) in [6.45, 7) is 8.64. The molecular formula is C16H26ClNO. The van der Waals surface area contributed by atoms with Crippen molar-refractivity contribution >= 4 is 11.6 Å². The van der Waals surface area contributed by atoms with Gasteiger partial charge in [0.25, 0.3) is 0 Å². The van der Waals surface area contributed by atoms with Crippen molar-refractivity contribution in [2.45, 2.75) is 58.2 Å². The molecule has 2 nitrogen and oxygen atoms in total. The largest absolute Gasteiger partial charge is 0.379 e. The monoisotopic (exact) mass is 283 g/mol. The van der Waals surface area contributed by atoms with Crippen LogP contribution in [-0.2, 0) is 11.2 Å². The summed E-state index contributed by atoms with van der Waals surface area (Å²) in [6.07, 6.45) is 1.97. The second-order valence-electron chi connectivity index (χ2n) is 5.97. The smallest absolute Gasteiger partial charge is 0.0637 e. The summed E-state index contributed by atoms with van der Waals surface area (Å²) in [6, 6.07) is 8.90. The Morgan fingerprint density at radius 3 is 2.53 bits per heavy atom. The molecule has 1 aromatic carbocycles. The van der Waals surface area contributed by atoms with E-state index >= 15 is 0 Å². The first-order chi connectivity index (χ1) is 8.82. The van der Waals surface area contributed by atoms with Gasteiger partial charge in [-0.1, -0.05) is 23.7 Å². The van der Waals surface area contributed by atoms with Crippen molar-refractivity contribution in [2.75, 3.05) is 7.11 Å². The van der Waals surface area contributed by atoms with Crippen molar-refractivity contribution in [1.82, 2.24) is 5.32 Å². The number of hydrogen-bond donors (Lipinski definition) is 1. The maximum absolute atomic E-state index is 6.00. The highest BCUT2D eigenvalue weighted by molar-refractivity contribution is 6.30. The van der Waals surface area contributed by atoms with Crippen molar-refractivity contribution in [3.8, 4) is 0 Å². The van der Waals surface area contributed by atoms with Crippen molar-refractivity contribution in [1.29, 1.82) is 0 Å². The normalized spacial score (nSPS) is 15.3. The summed E-state index contributed by atoms with van der Waals surface area (Å²) in [5.74, 6) is 0. The van der Waals surface area contributed by atoms with Gasteiger partial charge < -0.3 is 10.1 Å². The molecule has 1 aromatic rings. The molecule has 19 heavy (non-hydrogen) atoms. The molecule has 0 aliphatic carbocycles. The van der Waals surface area contributed by atoms with E-state index in [9.17, 15) is 0 Å². The number of benzene rings is 1. The first-order valence-corrected chi connectivity index (χ1v) is 7.26. The molecule has 0 heterocycles. The summed E-state index contributed by atoms with van der Waals surface area (Å²) in [5, 5.41) is 4.42. The molecular weight excluding hydrogens is 258 g/mol. The van der Waals surface area contributed by atoms with Gasteiger partial charge in [-0.3, -0.25) is 0 Å². The average molecular weight is 284 g/mol. The number of halogens is 1. The van der Waals surface area contributed by atoms with Crippen LogP contribution in [0, 0.1) is 0 Å². The lowest BCUT2D eigenvalue weighted by Gasteiger charge is -2.29. The lowest BCUT2D eigenvalue weighted by molar-refractivity contribution is 0.00786. The number of nitrogens with one attached hydrogen (secondary N) is 1. The van der Waals surface area contributed by atoms with Gasteiger partial charge in [0.2, 0.25) is 0 Å². The van der Waals surface area contributed by atoms with Crippen molar-refractivity contribution in [3.63, 3.8) is 0 Å². The highest BCUT2D eigenvalue weighted by atomic mass is 35.5. The lowest BCUT2D eigenvalue weighted by atomic mass is 9.98. The number of hydrogen-bond acceptors (Lipinski definition) is 2. The SMILES string of the molecule is COC(C)(C)CC(C)NC(C)Cc1cccc(Cl)c1. The first-order valence-electron chi connectivity index (χ1n) is 6.88. The van der Waals surface area contributed by atoms with E-state index in [4.69, 9.17) is 16.3 Å². The Hall–Kier alpha value is -0.570. The molecule has 0 saturated carbocycles. The molecule has 0 aromatic heterocycles. The van der Waals surface area contributed by atoms with Crippen LogP contribution in [0.4, 0.5) is 0 Å². The van der Waals surface area contributed by atoms with E-state index in [0.29, 0.717) is 12.1 Å². The minimum atomic E-state index is -0.0812. The van der Waals surface area contributed by atoms with Crippen molar-refractivity contribution < 1.29 is 4.74 Å². The molecule has 2 atom stereocenters. The molecule has 0 saturated heterocycles. The molecule has 0 aliphatic rings. The maximum Gasteiger partial charge on any atom is 0.0637 e. The van der Waals surface area contributed by atoms with Crippen LogP contribution in [0.2, 0.25) is 5.02 Å². The molecule has 0 amide bonds. The van der Waals surface area contributed by atoms with Gasteiger partial charge in [-0.05, 0) is 58.2 Å². The third-order valence-electron chi connectivity index (χ3n) is 3.35. The van der Waals surface area contributed by atoms with Crippen LogP contribution >= 0.6 is 11.6 Å². The number of rotatable bonds is 7. The predicted octanol–water partition coefficient (Wildman–Crippen LogP) is 4.06. The van der Waals surface area contributed by atoms with Gasteiger partial charge in [-0.2, -0.15) is 0 Å². The van der Waals surface area contributed by atoms with Crippen LogP contribution in [0.5, 0.6) is 0 Å². The summed E-state index contributed by atoms with van der Waals surface area (Å²) in [4.78, 5) is 0. The third-order valence-corrected chi connectivity index (χ3v) is 3.59. The Balaban J connectivity index is 2.44. The second kappa shape index (κ2) is 7.28. The number of methoxy groups -OCH3 is 1. The van der Waals surface area contributed by atoms with Crippen molar-refractivity contribution in [2.24, 2.45) is 0 Å². The van der Waals surface area contributed by atoms with Crippen LogP contribution in [0.15, 0.2) is 24.3 Å². The van der Waals surface area contributed by atoms with Gasteiger partial charge in [0.1, 0.15) is 0 Å². The summed E-state index contributed by atoms with van der Waals surface area (Å²) in [7, 11) is 1.77. The van der Waals surface area contributed by atoms with Crippen LogP contribution in [0.25, 0.3) is 0 Å². The second-order valence-corrected chi connectivity index (χ2v) is 6.41. The molecule has 1 rings (SSSR count). The van der Waals surface area contributed by atoms with Gasteiger partial charge >= 0.3 is 0 Å². The standard InChI is InChI=1S/C16H26ClNO/c1-12(9-14-7-6-8-15(17)10-14)18-13(2)11-16(3,4)19-5/h6-8,10,12-13,18H,9,11H2,1-5H3. The number of ether oxygens (including phenoxy) is 1. The molecule has 2 unspecified atom stereocenters. The third kappa shape index (κ3) is 6.42. The van der Waals surface area contributed by atoms with E-state index in [1.165, 1.54) is 5.56 Å². The molecule has 0 fully saturated rings.